The quantitative estimate of drug-likeness (QED) is 0.905. The van der Waals surface area contributed by atoms with Gasteiger partial charge >= 0.3 is 0 Å². The monoisotopic (exact) mass is 263 g/mol. The number of pyridine rings is 1. The maximum Gasteiger partial charge on any atom is 0.170 e. The molecule has 1 saturated heterocycles. The van der Waals surface area contributed by atoms with E-state index in [2.05, 4.69) is 29.0 Å². The number of aromatic nitrogens is 1. The van der Waals surface area contributed by atoms with Gasteiger partial charge in [0.2, 0.25) is 0 Å². The third kappa shape index (κ3) is 2.59. The van der Waals surface area contributed by atoms with Crippen LogP contribution >= 0.6 is 0 Å². The van der Waals surface area contributed by atoms with E-state index < -0.39 is 0 Å². The zero-order chi connectivity index (χ0) is 13.5. The first-order valence-electron chi connectivity index (χ1n) is 7.22. The van der Waals surface area contributed by atoms with Gasteiger partial charge in [-0.15, -0.1) is 0 Å². The minimum absolute atomic E-state index is 0.0103. The molecular formula is C15H22FN3. The molecule has 2 aliphatic rings. The Labute approximate surface area is 114 Å². The molecular weight excluding hydrogens is 241 g/mol. The predicted octanol–water partition coefficient (Wildman–Crippen LogP) is 2.85. The van der Waals surface area contributed by atoms with E-state index in [4.69, 9.17) is 0 Å². The second-order valence-corrected chi connectivity index (χ2v) is 6.33. The van der Waals surface area contributed by atoms with Gasteiger partial charge in [-0.2, -0.15) is 0 Å². The molecule has 0 radical (unpaired) electrons. The summed E-state index contributed by atoms with van der Waals surface area (Å²) in [6, 6.07) is 2.39. The number of hydrogen-bond donors (Lipinski definition) is 1. The van der Waals surface area contributed by atoms with Crippen molar-refractivity contribution in [2.45, 2.75) is 57.7 Å². The molecule has 3 rings (SSSR count). The molecule has 1 aromatic rings. The van der Waals surface area contributed by atoms with Crippen molar-refractivity contribution in [3.05, 3.63) is 23.6 Å². The Morgan fingerprint density at radius 3 is 2.89 bits per heavy atom. The summed E-state index contributed by atoms with van der Waals surface area (Å²) < 4.78 is 14.6. The summed E-state index contributed by atoms with van der Waals surface area (Å²) in [5, 5.41) is 3.37. The smallest absolute Gasteiger partial charge is 0.170 e. The molecule has 104 valence electrons. The summed E-state index contributed by atoms with van der Waals surface area (Å²) in [6.07, 6.45) is 6.38. The van der Waals surface area contributed by atoms with Crippen molar-refractivity contribution in [1.29, 1.82) is 0 Å². The number of anilines is 1. The molecule has 19 heavy (non-hydrogen) atoms. The molecule has 0 amide bonds. The van der Waals surface area contributed by atoms with E-state index >= 15 is 0 Å². The van der Waals surface area contributed by atoms with Crippen LogP contribution in [0.4, 0.5) is 10.2 Å². The molecule has 1 aliphatic carbocycles. The zero-order valence-corrected chi connectivity index (χ0v) is 11.7. The fourth-order valence-electron chi connectivity index (χ4n) is 2.84. The number of nitrogens with zero attached hydrogens (tertiary/aromatic N) is 2. The molecule has 3 nitrogen and oxygen atoms in total. The lowest BCUT2D eigenvalue weighted by Gasteiger charge is -2.33. The second-order valence-electron chi connectivity index (χ2n) is 6.33. The fraction of sp³-hybridized carbons (Fsp3) is 0.667. The number of nitrogens with one attached hydrogen (secondary N) is 1. The summed E-state index contributed by atoms with van der Waals surface area (Å²) in [5.74, 6) is 0.378. The highest BCUT2D eigenvalue weighted by Crippen LogP contribution is 2.34. The van der Waals surface area contributed by atoms with Crippen LogP contribution in [0.25, 0.3) is 0 Å². The van der Waals surface area contributed by atoms with E-state index in [1.165, 1.54) is 12.8 Å². The topological polar surface area (TPSA) is 28.2 Å². The highest BCUT2D eigenvalue weighted by molar-refractivity contribution is 5.46. The molecule has 1 aromatic heterocycles. The van der Waals surface area contributed by atoms with E-state index in [1.54, 1.807) is 12.3 Å². The van der Waals surface area contributed by atoms with E-state index in [0.29, 0.717) is 18.4 Å². The Balaban J connectivity index is 1.82. The third-order valence-corrected chi connectivity index (χ3v) is 4.27. The first-order valence-corrected chi connectivity index (χ1v) is 7.22. The van der Waals surface area contributed by atoms with Crippen molar-refractivity contribution in [2.24, 2.45) is 0 Å². The SMILES string of the molecule is CC1(C)CCCN1c1nccc(CNC2CC2)c1F. The van der Waals surface area contributed by atoms with Gasteiger partial charge in [-0.1, -0.05) is 0 Å². The van der Waals surface area contributed by atoms with Crippen molar-refractivity contribution in [2.75, 3.05) is 11.4 Å². The highest BCUT2D eigenvalue weighted by atomic mass is 19.1. The summed E-state index contributed by atoms with van der Waals surface area (Å²) in [7, 11) is 0. The Bertz CT molecular complexity index is 468. The Morgan fingerprint density at radius 1 is 1.47 bits per heavy atom. The van der Waals surface area contributed by atoms with Crippen molar-refractivity contribution in [3.8, 4) is 0 Å². The van der Waals surface area contributed by atoms with Gasteiger partial charge in [-0.05, 0) is 45.6 Å². The lowest BCUT2D eigenvalue weighted by atomic mass is 10.0. The zero-order valence-electron chi connectivity index (χ0n) is 11.7. The van der Waals surface area contributed by atoms with E-state index in [-0.39, 0.29) is 11.4 Å². The van der Waals surface area contributed by atoms with Crippen LogP contribution in [0.2, 0.25) is 0 Å². The summed E-state index contributed by atoms with van der Waals surface area (Å²) in [5.41, 5.74) is 0.746. The standard InChI is InChI=1S/C15H22FN3/c1-15(2)7-3-9-19(15)14-13(16)11(6-8-17-14)10-18-12-4-5-12/h6,8,12,18H,3-5,7,9-10H2,1-2H3. The first kappa shape index (κ1) is 12.9. The minimum Gasteiger partial charge on any atom is -0.349 e. The van der Waals surface area contributed by atoms with Crippen LogP contribution in [-0.2, 0) is 6.54 Å². The predicted molar refractivity (Wildman–Crippen MR) is 74.7 cm³/mol. The largest absolute Gasteiger partial charge is 0.349 e. The highest BCUT2D eigenvalue weighted by Gasteiger charge is 2.34. The first-order chi connectivity index (χ1) is 9.08. The van der Waals surface area contributed by atoms with Gasteiger partial charge in [0.25, 0.3) is 0 Å². The average Bonchev–Trinajstić information content (AvgIpc) is 3.12. The van der Waals surface area contributed by atoms with Crippen LogP contribution < -0.4 is 10.2 Å². The van der Waals surface area contributed by atoms with E-state index in [1.807, 2.05) is 0 Å². The van der Waals surface area contributed by atoms with Crippen molar-refractivity contribution >= 4 is 5.82 Å². The Kier molecular flexibility index (Phi) is 3.21. The molecule has 4 heteroatoms. The molecule has 0 bridgehead atoms. The molecule has 0 unspecified atom stereocenters. The molecule has 1 N–H and O–H groups in total. The summed E-state index contributed by atoms with van der Waals surface area (Å²) in [6.45, 7) is 5.84. The lowest BCUT2D eigenvalue weighted by molar-refractivity contribution is 0.497. The van der Waals surface area contributed by atoms with E-state index in [9.17, 15) is 4.39 Å². The molecule has 1 aliphatic heterocycles. The van der Waals surface area contributed by atoms with Crippen LogP contribution in [0.5, 0.6) is 0 Å². The van der Waals surface area contributed by atoms with Crippen LogP contribution in [-0.4, -0.2) is 23.1 Å². The van der Waals surface area contributed by atoms with Gasteiger partial charge in [-0.25, -0.2) is 9.37 Å². The Hall–Kier alpha value is -1.16. The van der Waals surface area contributed by atoms with Gasteiger partial charge in [0.1, 0.15) is 0 Å². The van der Waals surface area contributed by atoms with Gasteiger partial charge in [0.15, 0.2) is 11.6 Å². The number of halogens is 1. The van der Waals surface area contributed by atoms with Gasteiger partial charge in [0.05, 0.1) is 0 Å². The summed E-state index contributed by atoms with van der Waals surface area (Å²) >= 11 is 0. The molecule has 1 saturated carbocycles. The van der Waals surface area contributed by atoms with Crippen LogP contribution in [0.15, 0.2) is 12.3 Å². The van der Waals surface area contributed by atoms with Crippen molar-refractivity contribution in [3.63, 3.8) is 0 Å². The van der Waals surface area contributed by atoms with Crippen molar-refractivity contribution in [1.82, 2.24) is 10.3 Å². The van der Waals surface area contributed by atoms with Crippen LogP contribution in [0, 0.1) is 5.82 Å². The third-order valence-electron chi connectivity index (χ3n) is 4.27. The van der Waals surface area contributed by atoms with Crippen LogP contribution in [0.3, 0.4) is 0 Å². The second kappa shape index (κ2) is 4.75. The molecule has 0 atom stereocenters. The fourth-order valence-corrected chi connectivity index (χ4v) is 2.84. The number of hydrogen-bond acceptors (Lipinski definition) is 3. The molecule has 0 spiro atoms. The van der Waals surface area contributed by atoms with Crippen molar-refractivity contribution < 1.29 is 4.39 Å². The number of rotatable bonds is 4. The van der Waals surface area contributed by atoms with Gasteiger partial charge in [-0.3, -0.25) is 0 Å². The molecule has 0 aromatic carbocycles. The van der Waals surface area contributed by atoms with Gasteiger partial charge in [0, 0.05) is 36.4 Å². The normalized spacial score (nSPS) is 21.9. The maximum atomic E-state index is 14.6. The van der Waals surface area contributed by atoms with Crippen LogP contribution in [0.1, 0.15) is 45.1 Å². The molecule has 2 heterocycles. The summed E-state index contributed by atoms with van der Waals surface area (Å²) in [4.78, 5) is 6.40. The Morgan fingerprint density at radius 2 is 2.26 bits per heavy atom. The average molecular weight is 263 g/mol. The maximum absolute atomic E-state index is 14.6. The van der Waals surface area contributed by atoms with Gasteiger partial charge < -0.3 is 10.2 Å². The van der Waals surface area contributed by atoms with E-state index in [0.717, 1.165) is 24.9 Å². The lowest BCUT2D eigenvalue weighted by Crippen LogP contribution is -2.39. The molecule has 2 fully saturated rings. The minimum atomic E-state index is -0.148.